The van der Waals surface area contributed by atoms with Gasteiger partial charge in [0, 0.05) is 30.3 Å². The second kappa shape index (κ2) is 7.22. The molecule has 0 heterocycles. The molecule has 0 atom stereocenters. The average Bonchev–Trinajstić information content (AvgIpc) is 2.39. The van der Waals surface area contributed by atoms with Crippen molar-refractivity contribution in [2.24, 2.45) is 5.73 Å². The molecule has 0 saturated carbocycles. The molecule has 0 aliphatic heterocycles. The number of hydrogen-bond donors (Lipinski definition) is 3. The molecule has 0 aliphatic rings. The SMILES string of the molecule is Cc1c(NCCCCC(N)=O)cc(C(=O)O)cc1[N+](=O)[O-]. The number of nitrogens with one attached hydrogen (secondary N) is 1. The lowest BCUT2D eigenvalue weighted by atomic mass is 10.1. The normalized spacial score (nSPS) is 10.1. The van der Waals surface area contributed by atoms with Gasteiger partial charge in [-0.15, -0.1) is 0 Å². The van der Waals surface area contributed by atoms with Gasteiger partial charge in [0.1, 0.15) is 0 Å². The highest BCUT2D eigenvalue weighted by Crippen LogP contribution is 2.27. The summed E-state index contributed by atoms with van der Waals surface area (Å²) < 4.78 is 0. The zero-order valence-electron chi connectivity index (χ0n) is 11.6. The van der Waals surface area contributed by atoms with E-state index in [9.17, 15) is 19.7 Å². The number of hydrogen-bond acceptors (Lipinski definition) is 5. The third-order valence-corrected chi connectivity index (χ3v) is 2.99. The lowest BCUT2D eigenvalue weighted by Gasteiger charge is -2.10. The van der Waals surface area contributed by atoms with Crippen molar-refractivity contribution < 1.29 is 19.6 Å². The van der Waals surface area contributed by atoms with Crippen LogP contribution in [0.3, 0.4) is 0 Å². The van der Waals surface area contributed by atoms with Crippen LogP contribution in [0.15, 0.2) is 12.1 Å². The van der Waals surface area contributed by atoms with E-state index in [0.29, 0.717) is 30.6 Å². The van der Waals surface area contributed by atoms with Crippen LogP contribution >= 0.6 is 0 Å². The molecule has 1 rings (SSSR count). The van der Waals surface area contributed by atoms with Crippen molar-refractivity contribution in [3.05, 3.63) is 33.4 Å². The van der Waals surface area contributed by atoms with Gasteiger partial charge in [-0.05, 0) is 25.8 Å². The first-order chi connectivity index (χ1) is 9.82. The van der Waals surface area contributed by atoms with Crippen LogP contribution in [0.1, 0.15) is 35.2 Å². The van der Waals surface area contributed by atoms with E-state index in [1.165, 1.54) is 6.07 Å². The first-order valence-electron chi connectivity index (χ1n) is 6.37. The number of rotatable bonds is 8. The number of carbonyl (C=O) groups is 2. The number of benzene rings is 1. The number of anilines is 1. The molecule has 8 nitrogen and oxygen atoms in total. The Morgan fingerprint density at radius 3 is 2.57 bits per heavy atom. The molecule has 0 bridgehead atoms. The maximum atomic E-state index is 11.0. The molecule has 0 fully saturated rings. The van der Waals surface area contributed by atoms with E-state index >= 15 is 0 Å². The monoisotopic (exact) mass is 295 g/mol. The first kappa shape index (κ1) is 16.4. The van der Waals surface area contributed by atoms with Crippen LogP contribution in [-0.2, 0) is 4.79 Å². The summed E-state index contributed by atoms with van der Waals surface area (Å²) in [5.74, 6) is -1.61. The predicted octanol–water partition coefficient (Wildman–Crippen LogP) is 1.67. The summed E-state index contributed by atoms with van der Waals surface area (Å²) in [6.07, 6.45) is 1.52. The highest BCUT2D eigenvalue weighted by atomic mass is 16.6. The van der Waals surface area contributed by atoms with E-state index in [4.69, 9.17) is 10.8 Å². The van der Waals surface area contributed by atoms with Crippen molar-refractivity contribution >= 4 is 23.3 Å². The van der Waals surface area contributed by atoms with Crippen molar-refractivity contribution in [3.8, 4) is 0 Å². The first-order valence-corrected chi connectivity index (χ1v) is 6.37. The molecule has 0 aliphatic carbocycles. The third kappa shape index (κ3) is 4.75. The summed E-state index contributed by atoms with van der Waals surface area (Å²) in [6, 6.07) is 2.40. The average molecular weight is 295 g/mol. The van der Waals surface area contributed by atoms with Gasteiger partial charge in [-0.1, -0.05) is 0 Å². The molecule has 0 saturated heterocycles. The van der Waals surface area contributed by atoms with E-state index in [1.807, 2.05) is 0 Å². The second-order valence-electron chi connectivity index (χ2n) is 4.58. The molecular formula is C13H17N3O5. The Morgan fingerprint density at radius 2 is 2.05 bits per heavy atom. The maximum Gasteiger partial charge on any atom is 0.336 e. The lowest BCUT2D eigenvalue weighted by Crippen LogP contribution is -2.11. The minimum atomic E-state index is -1.23. The maximum absolute atomic E-state index is 11.0. The Kier molecular flexibility index (Phi) is 5.65. The number of nitrogens with zero attached hydrogens (tertiary/aromatic N) is 1. The van der Waals surface area contributed by atoms with E-state index in [1.54, 1.807) is 6.92 Å². The van der Waals surface area contributed by atoms with Gasteiger partial charge in [0.05, 0.1) is 10.5 Å². The van der Waals surface area contributed by atoms with E-state index < -0.39 is 10.9 Å². The number of primary amides is 1. The standard InChI is InChI=1S/C13H17N3O5/c1-8-10(15-5-3-2-4-12(14)17)6-9(13(18)19)7-11(8)16(20)21/h6-7,15H,2-5H2,1H3,(H2,14,17)(H,18,19). The Balaban J connectivity index is 2.83. The Bertz CT molecular complexity index is 571. The fourth-order valence-electron chi connectivity index (χ4n) is 1.84. The molecule has 0 unspecified atom stereocenters. The highest BCUT2D eigenvalue weighted by Gasteiger charge is 2.18. The van der Waals surface area contributed by atoms with Gasteiger partial charge in [-0.2, -0.15) is 0 Å². The third-order valence-electron chi connectivity index (χ3n) is 2.99. The van der Waals surface area contributed by atoms with Gasteiger partial charge in [0.25, 0.3) is 5.69 Å². The number of carboxylic acids is 1. The zero-order chi connectivity index (χ0) is 16.0. The molecule has 0 aromatic heterocycles. The number of amides is 1. The van der Waals surface area contributed by atoms with Gasteiger partial charge in [0.15, 0.2) is 0 Å². The molecular weight excluding hydrogens is 278 g/mol. The number of nitro benzene ring substituents is 1. The summed E-state index contributed by atoms with van der Waals surface area (Å²) in [5, 5.41) is 22.9. The number of carbonyl (C=O) groups excluding carboxylic acids is 1. The van der Waals surface area contributed by atoms with Crippen LogP contribution in [0.25, 0.3) is 0 Å². The summed E-state index contributed by atoms with van der Waals surface area (Å²) in [6.45, 7) is 2.02. The summed E-state index contributed by atoms with van der Waals surface area (Å²) in [5.41, 5.74) is 5.41. The molecule has 0 spiro atoms. The minimum absolute atomic E-state index is 0.146. The van der Waals surface area contributed by atoms with Gasteiger partial charge < -0.3 is 16.2 Å². The minimum Gasteiger partial charge on any atom is -0.478 e. The fraction of sp³-hybridized carbons (Fsp3) is 0.385. The Labute approximate surface area is 121 Å². The van der Waals surface area contributed by atoms with Crippen LogP contribution < -0.4 is 11.1 Å². The topological polar surface area (TPSA) is 136 Å². The van der Waals surface area contributed by atoms with Crippen LogP contribution in [-0.4, -0.2) is 28.5 Å². The number of nitro groups is 1. The van der Waals surface area contributed by atoms with Gasteiger partial charge in [-0.25, -0.2) is 4.79 Å². The molecule has 1 amide bonds. The smallest absolute Gasteiger partial charge is 0.336 e. The molecule has 4 N–H and O–H groups in total. The van der Waals surface area contributed by atoms with Crippen LogP contribution in [0, 0.1) is 17.0 Å². The highest BCUT2D eigenvalue weighted by molar-refractivity contribution is 5.90. The van der Waals surface area contributed by atoms with Crippen molar-refractivity contribution in [2.75, 3.05) is 11.9 Å². The molecule has 8 heteroatoms. The van der Waals surface area contributed by atoms with Crippen molar-refractivity contribution in [1.29, 1.82) is 0 Å². The second-order valence-corrected chi connectivity index (χ2v) is 4.58. The van der Waals surface area contributed by atoms with Crippen molar-refractivity contribution in [3.63, 3.8) is 0 Å². The molecule has 0 radical (unpaired) electrons. The van der Waals surface area contributed by atoms with E-state index in [-0.39, 0.29) is 23.6 Å². The van der Waals surface area contributed by atoms with Crippen LogP contribution in [0.2, 0.25) is 0 Å². The summed E-state index contributed by atoms with van der Waals surface area (Å²) in [4.78, 5) is 31.9. The number of carboxylic acid groups (broad SMARTS) is 1. The largest absolute Gasteiger partial charge is 0.478 e. The number of nitrogens with two attached hydrogens (primary N) is 1. The number of unbranched alkanes of at least 4 members (excludes halogenated alkanes) is 1. The van der Waals surface area contributed by atoms with Crippen molar-refractivity contribution in [1.82, 2.24) is 0 Å². The molecule has 21 heavy (non-hydrogen) atoms. The summed E-state index contributed by atoms with van der Waals surface area (Å²) >= 11 is 0. The Hall–Kier alpha value is -2.64. The number of aromatic carboxylic acids is 1. The van der Waals surface area contributed by atoms with E-state index in [2.05, 4.69) is 5.32 Å². The fourth-order valence-corrected chi connectivity index (χ4v) is 1.84. The zero-order valence-corrected chi connectivity index (χ0v) is 11.6. The van der Waals surface area contributed by atoms with E-state index in [0.717, 1.165) is 6.07 Å². The van der Waals surface area contributed by atoms with Gasteiger partial charge >= 0.3 is 5.97 Å². The van der Waals surface area contributed by atoms with Crippen LogP contribution in [0.5, 0.6) is 0 Å². The predicted molar refractivity (Wildman–Crippen MR) is 76.3 cm³/mol. The van der Waals surface area contributed by atoms with Gasteiger partial charge in [-0.3, -0.25) is 14.9 Å². The molecule has 1 aromatic carbocycles. The summed E-state index contributed by atoms with van der Waals surface area (Å²) in [7, 11) is 0. The Morgan fingerprint density at radius 1 is 1.38 bits per heavy atom. The van der Waals surface area contributed by atoms with Crippen LogP contribution in [0.4, 0.5) is 11.4 Å². The van der Waals surface area contributed by atoms with Crippen molar-refractivity contribution in [2.45, 2.75) is 26.2 Å². The lowest BCUT2D eigenvalue weighted by molar-refractivity contribution is -0.385. The molecule has 114 valence electrons. The molecule has 1 aromatic rings. The van der Waals surface area contributed by atoms with Gasteiger partial charge in [0.2, 0.25) is 5.91 Å². The quantitative estimate of drug-likeness (QED) is 0.379.